The van der Waals surface area contributed by atoms with Gasteiger partial charge in [0.1, 0.15) is 0 Å². The summed E-state index contributed by atoms with van der Waals surface area (Å²) >= 11 is 0. The molecule has 25 heavy (non-hydrogen) atoms. The van der Waals surface area contributed by atoms with Crippen molar-refractivity contribution in [2.75, 3.05) is 38.7 Å². The van der Waals surface area contributed by atoms with Crippen molar-refractivity contribution >= 4 is 21.4 Å². The molecule has 1 heterocycles. The average molecular weight is 369 g/mol. The van der Waals surface area contributed by atoms with E-state index < -0.39 is 14.8 Å². The third-order valence-electron chi connectivity index (χ3n) is 4.34. The first kappa shape index (κ1) is 19.3. The van der Waals surface area contributed by atoms with E-state index in [1.807, 2.05) is 19.0 Å². The highest BCUT2D eigenvalue weighted by molar-refractivity contribution is 7.91. The molecule has 0 aromatic heterocycles. The summed E-state index contributed by atoms with van der Waals surface area (Å²) < 4.78 is 23.6. The van der Waals surface area contributed by atoms with Gasteiger partial charge in [-0.1, -0.05) is 0 Å². The second-order valence-corrected chi connectivity index (χ2v) is 8.85. The summed E-state index contributed by atoms with van der Waals surface area (Å²) in [5.74, 6) is -0.233. The first-order valence-electron chi connectivity index (χ1n) is 8.02. The van der Waals surface area contributed by atoms with E-state index in [4.69, 9.17) is 0 Å². The van der Waals surface area contributed by atoms with Crippen molar-refractivity contribution < 1.29 is 18.1 Å². The Morgan fingerprint density at radius 3 is 2.48 bits per heavy atom. The molecule has 1 aromatic rings. The van der Waals surface area contributed by atoms with Crippen LogP contribution < -0.4 is 0 Å². The van der Waals surface area contributed by atoms with Crippen LogP contribution in [0.2, 0.25) is 0 Å². The number of benzene rings is 1. The van der Waals surface area contributed by atoms with Gasteiger partial charge in [-0.25, -0.2) is 8.42 Å². The number of rotatable bonds is 6. The lowest BCUT2D eigenvalue weighted by atomic mass is 10.1. The minimum absolute atomic E-state index is 0.0296. The van der Waals surface area contributed by atoms with Crippen molar-refractivity contribution in [1.82, 2.24) is 9.80 Å². The zero-order valence-corrected chi connectivity index (χ0v) is 15.5. The van der Waals surface area contributed by atoms with Crippen LogP contribution in [-0.2, 0) is 9.84 Å². The normalized spacial score (nSPS) is 19.1. The molecule has 1 fully saturated rings. The second-order valence-electron chi connectivity index (χ2n) is 6.62. The molecule has 1 amide bonds. The topological polar surface area (TPSA) is 101 Å². The zero-order valence-electron chi connectivity index (χ0n) is 14.6. The van der Waals surface area contributed by atoms with Crippen molar-refractivity contribution in [3.05, 3.63) is 39.4 Å². The molecule has 0 aliphatic carbocycles. The van der Waals surface area contributed by atoms with Gasteiger partial charge >= 0.3 is 0 Å². The third kappa shape index (κ3) is 4.76. The molecular formula is C16H23N3O5S. The molecular weight excluding hydrogens is 346 g/mol. The number of nitrogens with zero attached hydrogens (tertiary/aromatic N) is 3. The largest absolute Gasteiger partial charge is 0.333 e. The van der Waals surface area contributed by atoms with Gasteiger partial charge in [0.05, 0.1) is 16.4 Å². The Bertz CT molecular complexity index is 776. The number of hydrogen-bond acceptors (Lipinski definition) is 6. The van der Waals surface area contributed by atoms with E-state index in [0.29, 0.717) is 30.6 Å². The first-order chi connectivity index (χ1) is 11.6. The van der Waals surface area contributed by atoms with E-state index >= 15 is 0 Å². The Balaban J connectivity index is 2.28. The number of aryl methyl sites for hydroxylation is 1. The monoisotopic (exact) mass is 369 g/mol. The Morgan fingerprint density at radius 2 is 2.00 bits per heavy atom. The quantitative estimate of drug-likeness (QED) is 0.550. The lowest BCUT2D eigenvalue weighted by Gasteiger charge is -2.29. The summed E-state index contributed by atoms with van der Waals surface area (Å²) in [7, 11) is 0.640. The average Bonchev–Trinajstić information content (AvgIpc) is 2.86. The maximum Gasteiger partial charge on any atom is 0.272 e. The molecule has 0 bridgehead atoms. The number of hydrogen-bond donors (Lipinski definition) is 0. The van der Waals surface area contributed by atoms with Crippen LogP contribution >= 0.6 is 0 Å². The van der Waals surface area contributed by atoms with E-state index in [2.05, 4.69) is 0 Å². The van der Waals surface area contributed by atoms with Gasteiger partial charge in [-0.2, -0.15) is 0 Å². The van der Waals surface area contributed by atoms with Crippen molar-refractivity contribution in [2.24, 2.45) is 0 Å². The summed E-state index contributed by atoms with van der Waals surface area (Å²) in [6, 6.07) is 3.89. The van der Waals surface area contributed by atoms with Gasteiger partial charge in [0.2, 0.25) is 0 Å². The number of likely N-dealkylation sites (N-methyl/N-ethyl adjacent to an activating group) is 1. The molecule has 2 rings (SSSR count). The fourth-order valence-electron chi connectivity index (χ4n) is 2.94. The highest BCUT2D eigenvalue weighted by Gasteiger charge is 2.35. The summed E-state index contributed by atoms with van der Waals surface area (Å²) in [5, 5.41) is 10.9. The van der Waals surface area contributed by atoms with Crippen molar-refractivity contribution in [3.8, 4) is 0 Å². The minimum atomic E-state index is -3.12. The molecule has 9 heteroatoms. The Hall–Kier alpha value is -2.00. The van der Waals surface area contributed by atoms with Gasteiger partial charge in [-0.15, -0.1) is 0 Å². The molecule has 0 radical (unpaired) electrons. The molecule has 1 aromatic carbocycles. The van der Waals surface area contributed by atoms with Gasteiger partial charge in [-0.05, 0) is 39.6 Å². The standard InChI is InChI=1S/C16H23N3O5S/c1-12-10-13(4-5-15(12)19(21)22)16(20)18(8-7-17(2)3)14-6-9-25(23,24)11-14/h4-5,10,14H,6-9,11H2,1-3H3. The van der Waals surface area contributed by atoms with Gasteiger partial charge in [0, 0.05) is 36.3 Å². The van der Waals surface area contributed by atoms with E-state index in [1.54, 1.807) is 11.8 Å². The first-order valence-corrected chi connectivity index (χ1v) is 9.84. The number of amides is 1. The summed E-state index contributed by atoms with van der Waals surface area (Å²) in [4.78, 5) is 26.9. The molecule has 0 spiro atoms. The highest BCUT2D eigenvalue weighted by atomic mass is 32.2. The molecule has 1 aliphatic rings. The highest BCUT2D eigenvalue weighted by Crippen LogP contribution is 2.23. The maximum absolute atomic E-state index is 12.9. The summed E-state index contributed by atoms with van der Waals surface area (Å²) in [6.07, 6.45) is 0.424. The van der Waals surface area contributed by atoms with Crippen molar-refractivity contribution in [3.63, 3.8) is 0 Å². The number of nitro benzene ring substituents is 1. The third-order valence-corrected chi connectivity index (χ3v) is 6.09. The van der Waals surface area contributed by atoms with Crippen LogP contribution in [0.15, 0.2) is 18.2 Å². The lowest BCUT2D eigenvalue weighted by molar-refractivity contribution is -0.385. The molecule has 138 valence electrons. The maximum atomic E-state index is 12.9. The van der Waals surface area contributed by atoms with E-state index in [-0.39, 0.29) is 29.1 Å². The van der Waals surface area contributed by atoms with E-state index in [1.165, 1.54) is 18.2 Å². The Morgan fingerprint density at radius 1 is 1.32 bits per heavy atom. The fraction of sp³-hybridized carbons (Fsp3) is 0.562. The van der Waals surface area contributed by atoms with Crippen molar-refractivity contribution in [1.29, 1.82) is 0 Å². The number of carbonyl (C=O) groups is 1. The van der Waals surface area contributed by atoms with Gasteiger partial charge < -0.3 is 9.80 Å². The Labute approximate surface area is 147 Å². The molecule has 0 N–H and O–H groups in total. The molecule has 0 saturated carbocycles. The molecule has 1 aliphatic heterocycles. The summed E-state index contributed by atoms with van der Waals surface area (Å²) in [6.45, 7) is 2.59. The van der Waals surface area contributed by atoms with Crippen LogP contribution in [0.3, 0.4) is 0 Å². The summed E-state index contributed by atoms with van der Waals surface area (Å²) in [5.41, 5.74) is 0.702. The predicted octanol–water partition coefficient (Wildman–Crippen LogP) is 1.09. The predicted molar refractivity (Wildman–Crippen MR) is 94.5 cm³/mol. The van der Waals surface area contributed by atoms with Crippen LogP contribution in [0.25, 0.3) is 0 Å². The van der Waals surface area contributed by atoms with Crippen LogP contribution in [0.5, 0.6) is 0 Å². The zero-order chi connectivity index (χ0) is 18.8. The van der Waals surface area contributed by atoms with E-state index in [0.717, 1.165) is 0 Å². The number of carbonyl (C=O) groups excluding carboxylic acids is 1. The van der Waals surface area contributed by atoms with Gasteiger partial charge in [0.25, 0.3) is 11.6 Å². The van der Waals surface area contributed by atoms with Gasteiger partial charge in [-0.3, -0.25) is 14.9 Å². The number of sulfone groups is 1. The smallest absolute Gasteiger partial charge is 0.272 e. The SMILES string of the molecule is Cc1cc(C(=O)N(CCN(C)C)C2CCS(=O)(=O)C2)ccc1[N+](=O)[O-]. The molecule has 8 nitrogen and oxygen atoms in total. The minimum Gasteiger partial charge on any atom is -0.333 e. The van der Waals surface area contributed by atoms with Crippen molar-refractivity contribution in [2.45, 2.75) is 19.4 Å². The number of nitro groups is 1. The van der Waals surface area contributed by atoms with Gasteiger partial charge in [0.15, 0.2) is 9.84 Å². The molecule has 1 saturated heterocycles. The molecule has 1 atom stereocenters. The van der Waals surface area contributed by atoms with E-state index in [9.17, 15) is 23.3 Å². The van der Waals surface area contributed by atoms with Crippen LogP contribution in [-0.4, -0.2) is 73.8 Å². The van der Waals surface area contributed by atoms with Crippen LogP contribution in [0.1, 0.15) is 22.3 Å². The molecule has 1 unspecified atom stereocenters. The lowest BCUT2D eigenvalue weighted by Crippen LogP contribution is -2.44. The fourth-order valence-corrected chi connectivity index (χ4v) is 4.67. The van der Waals surface area contributed by atoms with Crippen LogP contribution in [0, 0.1) is 17.0 Å². The Kier molecular flexibility index (Phi) is 5.79. The second kappa shape index (κ2) is 7.49. The van der Waals surface area contributed by atoms with Crippen LogP contribution in [0.4, 0.5) is 5.69 Å².